The van der Waals surface area contributed by atoms with Crippen LogP contribution in [0.3, 0.4) is 0 Å². The number of nitriles is 1. The largest absolute Gasteiger partial charge is 0.469 e. The summed E-state index contributed by atoms with van der Waals surface area (Å²) in [4.78, 5) is 14.1. The van der Waals surface area contributed by atoms with Crippen LogP contribution in [-0.2, 0) is 9.53 Å². The van der Waals surface area contributed by atoms with Crippen LogP contribution in [0.5, 0.6) is 0 Å². The summed E-state index contributed by atoms with van der Waals surface area (Å²) in [6.07, 6.45) is 3.11. The van der Waals surface area contributed by atoms with E-state index in [2.05, 4.69) is 11.0 Å². The zero-order valence-corrected chi connectivity index (χ0v) is 9.90. The predicted octanol–water partition coefficient (Wildman–Crippen LogP) is 1.17. The van der Waals surface area contributed by atoms with Crippen molar-refractivity contribution in [3.8, 4) is 6.07 Å². The summed E-state index contributed by atoms with van der Waals surface area (Å²) >= 11 is 0. The molecule has 1 aliphatic carbocycles. The van der Waals surface area contributed by atoms with Gasteiger partial charge in [-0.3, -0.25) is 9.69 Å². The Balaban J connectivity index is 2.19. The van der Waals surface area contributed by atoms with Crippen LogP contribution in [0, 0.1) is 22.7 Å². The lowest BCUT2D eigenvalue weighted by molar-refractivity contribution is -0.153. The summed E-state index contributed by atoms with van der Waals surface area (Å²) in [7, 11) is 1.46. The second kappa shape index (κ2) is 4.06. The molecule has 0 aromatic heterocycles. The molecule has 2 fully saturated rings. The van der Waals surface area contributed by atoms with Crippen molar-refractivity contribution in [1.82, 2.24) is 4.90 Å². The molecule has 0 aromatic carbocycles. The highest BCUT2D eigenvalue weighted by Gasteiger charge is 2.55. The molecule has 0 aromatic rings. The average molecular weight is 222 g/mol. The first-order valence-corrected chi connectivity index (χ1v) is 5.86. The molecule has 2 aliphatic rings. The molecular formula is C12H18N2O2. The number of likely N-dealkylation sites (tertiary alicyclic amines) is 1. The Morgan fingerprint density at radius 3 is 3.06 bits per heavy atom. The highest BCUT2D eigenvalue weighted by molar-refractivity contribution is 5.78. The van der Waals surface area contributed by atoms with Gasteiger partial charge in [0.1, 0.15) is 0 Å². The second-order valence-electron chi connectivity index (χ2n) is 4.97. The van der Waals surface area contributed by atoms with E-state index in [0.29, 0.717) is 12.5 Å². The van der Waals surface area contributed by atoms with Gasteiger partial charge >= 0.3 is 5.97 Å². The Morgan fingerprint density at radius 2 is 2.44 bits per heavy atom. The molecule has 4 nitrogen and oxygen atoms in total. The summed E-state index contributed by atoms with van der Waals surface area (Å²) in [5.41, 5.74) is -0.320. The molecule has 4 heteroatoms. The van der Waals surface area contributed by atoms with Crippen LogP contribution < -0.4 is 0 Å². The number of rotatable bonds is 2. The van der Waals surface area contributed by atoms with Gasteiger partial charge in [-0.05, 0) is 25.7 Å². The molecule has 0 radical (unpaired) electrons. The second-order valence-corrected chi connectivity index (χ2v) is 4.97. The number of carbonyl (C=O) groups excluding carboxylic acids is 1. The van der Waals surface area contributed by atoms with Crippen molar-refractivity contribution < 1.29 is 9.53 Å². The molecule has 2 rings (SSSR count). The van der Waals surface area contributed by atoms with Gasteiger partial charge in [0.2, 0.25) is 0 Å². The molecule has 0 bridgehead atoms. The number of methoxy groups -OCH3 is 1. The fourth-order valence-corrected chi connectivity index (χ4v) is 3.24. The summed E-state index contributed by atoms with van der Waals surface area (Å²) in [5.74, 6) is 0.304. The third kappa shape index (κ3) is 1.51. The van der Waals surface area contributed by atoms with Crippen LogP contribution >= 0.6 is 0 Å². The van der Waals surface area contributed by atoms with Gasteiger partial charge in [0.05, 0.1) is 24.6 Å². The van der Waals surface area contributed by atoms with E-state index >= 15 is 0 Å². The number of hydrogen-bond donors (Lipinski definition) is 0. The van der Waals surface area contributed by atoms with Gasteiger partial charge in [0, 0.05) is 13.1 Å². The SMILES string of the molecule is COC(=O)[C@]12CCC[C@H]1CN([C@@H](C)C#N)C2. The van der Waals surface area contributed by atoms with Gasteiger partial charge < -0.3 is 4.74 Å². The van der Waals surface area contributed by atoms with Crippen molar-refractivity contribution in [2.45, 2.75) is 32.2 Å². The molecule has 88 valence electrons. The molecule has 0 N–H and O–H groups in total. The van der Waals surface area contributed by atoms with E-state index in [0.717, 1.165) is 25.8 Å². The quantitative estimate of drug-likeness (QED) is 0.658. The Bertz CT molecular complexity index is 336. The van der Waals surface area contributed by atoms with Gasteiger partial charge in [0.15, 0.2) is 0 Å². The van der Waals surface area contributed by atoms with Crippen LogP contribution in [0.25, 0.3) is 0 Å². The Kier molecular flexibility index (Phi) is 2.90. The van der Waals surface area contributed by atoms with Gasteiger partial charge in [-0.15, -0.1) is 0 Å². The topological polar surface area (TPSA) is 53.3 Å². The maximum absolute atomic E-state index is 11.9. The van der Waals surface area contributed by atoms with Crippen molar-refractivity contribution in [3.05, 3.63) is 0 Å². The summed E-state index contributed by atoms with van der Waals surface area (Å²) in [6.45, 7) is 3.45. The Hall–Kier alpha value is -1.08. The van der Waals surface area contributed by atoms with Crippen LogP contribution in [0.15, 0.2) is 0 Å². The number of carbonyl (C=O) groups is 1. The maximum atomic E-state index is 11.9. The van der Waals surface area contributed by atoms with Crippen molar-refractivity contribution >= 4 is 5.97 Å². The summed E-state index contributed by atoms with van der Waals surface area (Å²) in [6, 6.07) is 2.14. The first kappa shape index (κ1) is 11.4. The predicted molar refractivity (Wildman–Crippen MR) is 58.4 cm³/mol. The molecule has 16 heavy (non-hydrogen) atoms. The van der Waals surface area contributed by atoms with Gasteiger partial charge in [-0.1, -0.05) is 6.42 Å². The van der Waals surface area contributed by atoms with E-state index < -0.39 is 0 Å². The first-order valence-electron chi connectivity index (χ1n) is 5.86. The average Bonchev–Trinajstić information content (AvgIpc) is 2.83. The van der Waals surface area contributed by atoms with Crippen LogP contribution in [0.2, 0.25) is 0 Å². The summed E-state index contributed by atoms with van der Waals surface area (Å²) in [5, 5.41) is 8.93. The lowest BCUT2D eigenvalue weighted by atomic mass is 9.81. The lowest BCUT2D eigenvalue weighted by Gasteiger charge is -2.26. The molecular weight excluding hydrogens is 204 g/mol. The van der Waals surface area contributed by atoms with E-state index in [1.54, 1.807) is 0 Å². The smallest absolute Gasteiger partial charge is 0.313 e. The Labute approximate surface area is 96.2 Å². The van der Waals surface area contributed by atoms with E-state index in [1.807, 2.05) is 6.92 Å². The van der Waals surface area contributed by atoms with Gasteiger partial charge in [0.25, 0.3) is 0 Å². The van der Waals surface area contributed by atoms with E-state index in [-0.39, 0.29) is 17.4 Å². The molecule has 0 amide bonds. The number of hydrogen-bond acceptors (Lipinski definition) is 4. The molecule has 1 heterocycles. The van der Waals surface area contributed by atoms with Gasteiger partial charge in [-0.25, -0.2) is 0 Å². The summed E-state index contributed by atoms with van der Waals surface area (Å²) < 4.78 is 4.95. The van der Waals surface area contributed by atoms with Crippen LogP contribution in [-0.4, -0.2) is 37.1 Å². The number of esters is 1. The highest BCUT2D eigenvalue weighted by atomic mass is 16.5. The number of fused-ring (bicyclic) bond motifs is 1. The molecule has 1 saturated heterocycles. The normalized spacial score (nSPS) is 35.4. The zero-order valence-electron chi connectivity index (χ0n) is 9.90. The minimum absolute atomic E-state index is 0.0809. The van der Waals surface area contributed by atoms with Crippen molar-refractivity contribution in [2.24, 2.45) is 11.3 Å². The van der Waals surface area contributed by atoms with Crippen molar-refractivity contribution in [1.29, 1.82) is 5.26 Å². The van der Waals surface area contributed by atoms with Crippen LogP contribution in [0.1, 0.15) is 26.2 Å². The molecule has 0 spiro atoms. The van der Waals surface area contributed by atoms with Crippen molar-refractivity contribution in [2.75, 3.05) is 20.2 Å². The number of nitrogens with zero attached hydrogens (tertiary/aromatic N) is 2. The third-order valence-electron chi connectivity index (χ3n) is 4.22. The maximum Gasteiger partial charge on any atom is 0.313 e. The first-order chi connectivity index (χ1) is 7.64. The molecule has 0 unspecified atom stereocenters. The fraction of sp³-hybridized carbons (Fsp3) is 0.833. The van der Waals surface area contributed by atoms with Crippen LogP contribution in [0.4, 0.5) is 0 Å². The minimum Gasteiger partial charge on any atom is -0.469 e. The highest BCUT2D eigenvalue weighted by Crippen LogP contribution is 2.49. The van der Waals surface area contributed by atoms with E-state index in [9.17, 15) is 4.79 Å². The standard InChI is InChI=1S/C12H18N2O2/c1-9(6-13)14-7-10-4-3-5-12(10,8-14)11(15)16-2/h9-10H,3-5,7-8H2,1-2H3/t9-,10-,12-/m0/s1. The van der Waals surface area contributed by atoms with E-state index in [1.165, 1.54) is 7.11 Å². The Morgan fingerprint density at radius 1 is 1.69 bits per heavy atom. The number of ether oxygens (including phenoxy) is 1. The fourth-order valence-electron chi connectivity index (χ4n) is 3.24. The third-order valence-corrected chi connectivity index (χ3v) is 4.22. The molecule has 1 saturated carbocycles. The molecule has 1 aliphatic heterocycles. The van der Waals surface area contributed by atoms with Gasteiger partial charge in [-0.2, -0.15) is 5.26 Å². The zero-order chi connectivity index (χ0) is 11.8. The minimum atomic E-state index is -0.320. The van der Waals surface area contributed by atoms with Crippen molar-refractivity contribution in [3.63, 3.8) is 0 Å². The lowest BCUT2D eigenvalue weighted by Crippen LogP contribution is -2.38. The monoisotopic (exact) mass is 222 g/mol. The molecule has 3 atom stereocenters. The van der Waals surface area contributed by atoms with E-state index in [4.69, 9.17) is 10.00 Å².